The van der Waals surface area contributed by atoms with Crippen LogP contribution in [0.3, 0.4) is 0 Å². The van der Waals surface area contributed by atoms with Crippen molar-refractivity contribution < 1.29 is 4.74 Å². The van der Waals surface area contributed by atoms with Gasteiger partial charge in [0.2, 0.25) is 5.95 Å². The van der Waals surface area contributed by atoms with E-state index in [0.29, 0.717) is 23.0 Å². The third-order valence-corrected chi connectivity index (χ3v) is 2.46. The van der Waals surface area contributed by atoms with Gasteiger partial charge in [-0.1, -0.05) is 11.6 Å². The maximum absolute atomic E-state index is 5.77. The summed E-state index contributed by atoms with van der Waals surface area (Å²) in [7, 11) is 0. The fourth-order valence-corrected chi connectivity index (χ4v) is 1.72. The Morgan fingerprint density at radius 3 is 2.80 bits per heavy atom. The Hall–Kier alpha value is -1.07. The van der Waals surface area contributed by atoms with Crippen molar-refractivity contribution in [2.45, 2.75) is 18.9 Å². The second-order valence-electron chi connectivity index (χ2n) is 3.47. The number of nitrogens with two attached hydrogens (primary N) is 1. The molecular formula is C9H13ClN4O. The van der Waals surface area contributed by atoms with Crippen molar-refractivity contribution >= 4 is 23.4 Å². The summed E-state index contributed by atoms with van der Waals surface area (Å²) in [5.74, 6) is 0.872. The van der Waals surface area contributed by atoms with E-state index in [4.69, 9.17) is 22.1 Å². The van der Waals surface area contributed by atoms with Crippen molar-refractivity contribution in [3.63, 3.8) is 0 Å². The molecule has 0 aliphatic carbocycles. The van der Waals surface area contributed by atoms with Crippen LogP contribution in [0.4, 0.5) is 11.8 Å². The average molecular weight is 229 g/mol. The Balaban J connectivity index is 2.02. The Labute approximate surface area is 93.0 Å². The van der Waals surface area contributed by atoms with E-state index in [0.717, 1.165) is 26.1 Å². The zero-order chi connectivity index (χ0) is 10.7. The van der Waals surface area contributed by atoms with Gasteiger partial charge >= 0.3 is 0 Å². The van der Waals surface area contributed by atoms with Gasteiger partial charge in [0, 0.05) is 25.3 Å². The SMILES string of the molecule is Nc1cc(Cl)nc(NC2CCOCC2)n1. The minimum Gasteiger partial charge on any atom is -0.383 e. The van der Waals surface area contributed by atoms with Gasteiger partial charge in [0.25, 0.3) is 0 Å². The zero-order valence-corrected chi connectivity index (χ0v) is 9.00. The Bertz CT molecular complexity index is 321. The van der Waals surface area contributed by atoms with Crippen LogP contribution in [0.1, 0.15) is 12.8 Å². The molecule has 1 saturated heterocycles. The van der Waals surface area contributed by atoms with Crippen LogP contribution in [0.25, 0.3) is 0 Å². The van der Waals surface area contributed by atoms with Gasteiger partial charge in [0.1, 0.15) is 11.0 Å². The molecule has 15 heavy (non-hydrogen) atoms. The highest BCUT2D eigenvalue weighted by molar-refractivity contribution is 6.29. The largest absolute Gasteiger partial charge is 0.383 e. The first kappa shape index (κ1) is 10.4. The van der Waals surface area contributed by atoms with E-state index in [1.54, 1.807) is 0 Å². The number of halogens is 1. The molecule has 2 heterocycles. The lowest BCUT2D eigenvalue weighted by molar-refractivity contribution is 0.0903. The first-order valence-corrected chi connectivity index (χ1v) is 5.26. The van der Waals surface area contributed by atoms with Crippen molar-refractivity contribution in [1.82, 2.24) is 9.97 Å². The molecule has 2 rings (SSSR count). The van der Waals surface area contributed by atoms with Crippen LogP contribution in [0, 0.1) is 0 Å². The molecule has 0 amide bonds. The second-order valence-corrected chi connectivity index (χ2v) is 3.86. The molecular weight excluding hydrogens is 216 g/mol. The number of anilines is 2. The highest BCUT2D eigenvalue weighted by Gasteiger charge is 2.14. The minimum absolute atomic E-state index is 0.344. The van der Waals surface area contributed by atoms with Gasteiger partial charge in [0.15, 0.2) is 0 Å². The van der Waals surface area contributed by atoms with Gasteiger partial charge in [-0.2, -0.15) is 4.98 Å². The fraction of sp³-hybridized carbons (Fsp3) is 0.556. The Morgan fingerprint density at radius 2 is 2.13 bits per heavy atom. The molecule has 1 aromatic heterocycles. The van der Waals surface area contributed by atoms with Gasteiger partial charge in [-0.15, -0.1) is 0 Å². The summed E-state index contributed by atoms with van der Waals surface area (Å²) in [4.78, 5) is 8.11. The minimum atomic E-state index is 0.344. The molecule has 0 aromatic carbocycles. The summed E-state index contributed by atoms with van der Waals surface area (Å²) in [6.45, 7) is 1.54. The predicted molar refractivity (Wildman–Crippen MR) is 58.9 cm³/mol. The summed E-state index contributed by atoms with van der Waals surface area (Å²) in [5, 5.41) is 3.55. The Kier molecular flexibility index (Phi) is 3.23. The van der Waals surface area contributed by atoms with E-state index >= 15 is 0 Å². The number of hydrogen-bond donors (Lipinski definition) is 2. The van der Waals surface area contributed by atoms with Gasteiger partial charge in [-0.05, 0) is 12.8 Å². The van der Waals surface area contributed by atoms with Crippen molar-refractivity contribution in [2.24, 2.45) is 0 Å². The number of nitrogens with zero attached hydrogens (tertiary/aromatic N) is 2. The normalized spacial score (nSPS) is 17.7. The lowest BCUT2D eigenvalue weighted by Crippen LogP contribution is -2.28. The molecule has 0 saturated carbocycles. The molecule has 3 N–H and O–H groups in total. The van der Waals surface area contributed by atoms with Crippen molar-refractivity contribution in [1.29, 1.82) is 0 Å². The molecule has 0 atom stereocenters. The van der Waals surface area contributed by atoms with Gasteiger partial charge in [0.05, 0.1) is 0 Å². The lowest BCUT2D eigenvalue weighted by Gasteiger charge is -2.23. The maximum atomic E-state index is 5.77. The average Bonchev–Trinajstić information content (AvgIpc) is 2.17. The molecule has 82 valence electrons. The first-order valence-electron chi connectivity index (χ1n) is 4.88. The standard InChI is InChI=1S/C9H13ClN4O/c10-7-5-8(11)14-9(13-7)12-6-1-3-15-4-2-6/h5-6H,1-4H2,(H3,11,12,13,14). The summed E-state index contributed by atoms with van der Waals surface area (Å²) >= 11 is 5.77. The molecule has 1 fully saturated rings. The summed E-state index contributed by atoms with van der Waals surface area (Å²) in [5.41, 5.74) is 5.56. The van der Waals surface area contributed by atoms with Crippen LogP contribution in [0.5, 0.6) is 0 Å². The fourth-order valence-electron chi connectivity index (χ4n) is 1.52. The van der Waals surface area contributed by atoms with E-state index in [-0.39, 0.29) is 0 Å². The molecule has 0 radical (unpaired) electrons. The van der Waals surface area contributed by atoms with Crippen molar-refractivity contribution in [2.75, 3.05) is 24.3 Å². The Morgan fingerprint density at radius 1 is 1.40 bits per heavy atom. The highest BCUT2D eigenvalue weighted by atomic mass is 35.5. The molecule has 6 heteroatoms. The van der Waals surface area contributed by atoms with Crippen LogP contribution >= 0.6 is 11.6 Å². The van der Waals surface area contributed by atoms with E-state index in [9.17, 15) is 0 Å². The molecule has 1 aliphatic heterocycles. The molecule has 0 unspecified atom stereocenters. The molecule has 5 nitrogen and oxygen atoms in total. The quantitative estimate of drug-likeness (QED) is 0.747. The second kappa shape index (κ2) is 4.63. The molecule has 0 spiro atoms. The van der Waals surface area contributed by atoms with Crippen LogP contribution < -0.4 is 11.1 Å². The maximum Gasteiger partial charge on any atom is 0.226 e. The number of hydrogen-bond acceptors (Lipinski definition) is 5. The first-order chi connectivity index (χ1) is 7.24. The van der Waals surface area contributed by atoms with Gasteiger partial charge < -0.3 is 15.8 Å². The number of rotatable bonds is 2. The van der Waals surface area contributed by atoms with Crippen LogP contribution in [-0.2, 0) is 4.74 Å². The predicted octanol–water partition coefficient (Wildman–Crippen LogP) is 1.30. The van der Waals surface area contributed by atoms with E-state index in [1.807, 2.05) is 0 Å². The monoisotopic (exact) mass is 228 g/mol. The van der Waals surface area contributed by atoms with Crippen molar-refractivity contribution in [3.05, 3.63) is 11.2 Å². The highest BCUT2D eigenvalue weighted by Crippen LogP contribution is 2.15. The topological polar surface area (TPSA) is 73.1 Å². The third-order valence-electron chi connectivity index (χ3n) is 2.27. The number of aromatic nitrogens is 2. The van der Waals surface area contributed by atoms with Gasteiger partial charge in [-0.25, -0.2) is 4.98 Å². The van der Waals surface area contributed by atoms with Crippen LogP contribution in [-0.4, -0.2) is 29.2 Å². The smallest absolute Gasteiger partial charge is 0.226 e. The molecule has 1 aromatic rings. The summed E-state index contributed by atoms with van der Waals surface area (Å²) in [6, 6.07) is 1.87. The van der Waals surface area contributed by atoms with E-state index < -0.39 is 0 Å². The number of nitrogen functional groups attached to an aromatic ring is 1. The summed E-state index contributed by atoms with van der Waals surface area (Å²) < 4.78 is 5.25. The number of nitrogens with one attached hydrogen (secondary N) is 1. The van der Waals surface area contributed by atoms with E-state index in [2.05, 4.69) is 15.3 Å². The zero-order valence-electron chi connectivity index (χ0n) is 8.24. The summed E-state index contributed by atoms with van der Waals surface area (Å²) in [6.07, 6.45) is 1.91. The third kappa shape index (κ3) is 2.94. The molecule has 1 aliphatic rings. The van der Waals surface area contributed by atoms with Gasteiger partial charge in [-0.3, -0.25) is 0 Å². The number of ether oxygens (including phenoxy) is 1. The van der Waals surface area contributed by atoms with Crippen molar-refractivity contribution in [3.8, 4) is 0 Å². The van der Waals surface area contributed by atoms with E-state index in [1.165, 1.54) is 6.07 Å². The van der Waals surface area contributed by atoms with Crippen LogP contribution in [0.15, 0.2) is 6.07 Å². The lowest BCUT2D eigenvalue weighted by atomic mass is 10.1. The molecule has 0 bridgehead atoms. The van der Waals surface area contributed by atoms with Crippen LogP contribution in [0.2, 0.25) is 5.15 Å².